The van der Waals surface area contributed by atoms with Crippen LogP contribution >= 0.6 is 0 Å². The molecule has 0 radical (unpaired) electrons. The van der Waals surface area contributed by atoms with E-state index in [4.69, 9.17) is 14.2 Å². The van der Waals surface area contributed by atoms with Gasteiger partial charge >= 0.3 is 0 Å². The van der Waals surface area contributed by atoms with Crippen LogP contribution in [0.2, 0.25) is 0 Å². The third-order valence-corrected chi connectivity index (χ3v) is 2.64. The zero-order valence-electron chi connectivity index (χ0n) is 13.2. The molecule has 1 rings (SSSR count). The predicted molar refractivity (Wildman–Crippen MR) is 85.6 cm³/mol. The van der Waals surface area contributed by atoms with Gasteiger partial charge in [0.25, 0.3) is 0 Å². The second-order valence-corrected chi connectivity index (χ2v) is 4.18. The van der Waals surface area contributed by atoms with Gasteiger partial charge < -0.3 is 24.8 Å². The van der Waals surface area contributed by atoms with Gasteiger partial charge in [0.1, 0.15) is 0 Å². The van der Waals surface area contributed by atoms with Crippen molar-refractivity contribution < 1.29 is 14.2 Å². The summed E-state index contributed by atoms with van der Waals surface area (Å²) in [5.74, 6) is 2.13. The monoisotopic (exact) mass is 295 g/mol. The number of hydrogen-bond donors (Lipinski definition) is 2. The van der Waals surface area contributed by atoms with Gasteiger partial charge in [0, 0.05) is 25.4 Å². The molecule has 0 saturated heterocycles. The van der Waals surface area contributed by atoms with E-state index in [2.05, 4.69) is 15.6 Å². The fraction of sp³-hybridized carbons (Fsp3) is 0.533. The lowest BCUT2D eigenvalue weighted by Gasteiger charge is -2.14. The third kappa shape index (κ3) is 5.91. The first-order chi connectivity index (χ1) is 10.2. The molecule has 0 aromatic heterocycles. The van der Waals surface area contributed by atoms with Gasteiger partial charge in [0.05, 0.1) is 26.9 Å². The zero-order chi connectivity index (χ0) is 15.5. The van der Waals surface area contributed by atoms with Gasteiger partial charge in [-0.2, -0.15) is 0 Å². The van der Waals surface area contributed by atoms with Crippen molar-refractivity contribution >= 4 is 11.6 Å². The van der Waals surface area contributed by atoms with E-state index in [9.17, 15) is 0 Å². The lowest BCUT2D eigenvalue weighted by Crippen LogP contribution is -2.31. The minimum absolute atomic E-state index is 0.585. The number of guanidine groups is 1. The SMILES string of the molecule is CCNC(=NCCOC)Nc1ccc(OC)c(OCC)c1. The Balaban J connectivity index is 2.82. The molecule has 118 valence electrons. The number of nitrogens with zero attached hydrogens (tertiary/aromatic N) is 1. The molecule has 0 saturated carbocycles. The van der Waals surface area contributed by atoms with E-state index < -0.39 is 0 Å². The van der Waals surface area contributed by atoms with Crippen LogP contribution in [0.1, 0.15) is 13.8 Å². The van der Waals surface area contributed by atoms with E-state index in [-0.39, 0.29) is 0 Å². The summed E-state index contributed by atoms with van der Waals surface area (Å²) in [5, 5.41) is 6.42. The molecule has 0 aliphatic heterocycles. The molecule has 0 unspecified atom stereocenters. The number of methoxy groups -OCH3 is 2. The maximum atomic E-state index is 5.56. The molecule has 0 amide bonds. The Hall–Kier alpha value is -1.95. The molecule has 2 N–H and O–H groups in total. The molecule has 0 heterocycles. The smallest absolute Gasteiger partial charge is 0.195 e. The van der Waals surface area contributed by atoms with Gasteiger partial charge in [0.2, 0.25) is 0 Å². The van der Waals surface area contributed by atoms with Crippen LogP contribution < -0.4 is 20.1 Å². The number of nitrogens with one attached hydrogen (secondary N) is 2. The minimum atomic E-state index is 0.585. The highest BCUT2D eigenvalue weighted by Gasteiger charge is 2.06. The van der Waals surface area contributed by atoms with Crippen molar-refractivity contribution in [2.45, 2.75) is 13.8 Å². The highest BCUT2D eigenvalue weighted by atomic mass is 16.5. The summed E-state index contributed by atoms with van der Waals surface area (Å²) in [4.78, 5) is 4.41. The number of anilines is 1. The molecule has 0 spiro atoms. The highest BCUT2D eigenvalue weighted by molar-refractivity contribution is 5.93. The summed E-state index contributed by atoms with van der Waals surface area (Å²) in [6.07, 6.45) is 0. The first-order valence-corrected chi connectivity index (χ1v) is 7.10. The molecule has 1 aromatic rings. The predicted octanol–water partition coefficient (Wildman–Crippen LogP) is 2.12. The van der Waals surface area contributed by atoms with Gasteiger partial charge in [-0.05, 0) is 26.0 Å². The Bertz CT molecular complexity index is 450. The van der Waals surface area contributed by atoms with E-state index in [0.717, 1.165) is 12.2 Å². The van der Waals surface area contributed by atoms with Crippen molar-refractivity contribution in [3.63, 3.8) is 0 Å². The van der Waals surface area contributed by atoms with Gasteiger partial charge in [0.15, 0.2) is 17.5 Å². The number of ether oxygens (including phenoxy) is 3. The standard InChI is InChI=1S/C15H25N3O3/c1-5-16-15(17-9-10-19-3)18-12-7-8-13(20-4)14(11-12)21-6-2/h7-8,11H,5-6,9-10H2,1-4H3,(H2,16,17,18). The van der Waals surface area contributed by atoms with Crippen LogP contribution in [0, 0.1) is 0 Å². The Morgan fingerprint density at radius 1 is 1.19 bits per heavy atom. The Kier molecular flexibility index (Phi) is 8.04. The second kappa shape index (κ2) is 9.88. The molecular formula is C15H25N3O3. The number of aliphatic imine (C=N–C) groups is 1. The Morgan fingerprint density at radius 3 is 2.62 bits per heavy atom. The third-order valence-electron chi connectivity index (χ3n) is 2.64. The summed E-state index contributed by atoms with van der Waals surface area (Å²) in [6, 6.07) is 5.68. The van der Waals surface area contributed by atoms with E-state index in [0.29, 0.717) is 37.2 Å². The quantitative estimate of drug-likeness (QED) is 0.437. The Labute approximate surface area is 126 Å². The van der Waals surface area contributed by atoms with E-state index >= 15 is 0 Å². The lowest BCUT2D eigenvalue weighted by molar-refractivity contribution is 0.208. The van der Waals surface area contributed by atoms with Crippen LogP contribution in [0.25, 0.3) is 0 Å². The fourth-order valence-electron chi connectivity index (χ4n) is 1.72. The normalized spacial score (nSPS) is 11.1. The van der Waals surface area contributed by atoms with Crippen LogP contribution in [-0.4, -0.2) is 46.5 Å². The van der Waals surface area contributed by atoms with Crippen LogP contribution in [0.4, 0.5) is 5.69 Å². The molecule has 0 aliphatic rings. The minimum Gasteiger partial charge on any atom is -0.493 e. The topological polar surface area (TPSA) is 64.1 Å². The van der Waals surface area contributed by atoms with Crippen LogP contribution in [0.5, 0.6) is 11.5 Å². The summed E-state index contributed by atoms with van der Waals surface area (Å²) < 4.78 is 15.8. The maximum Gasteiger partial charge on any atom is 0.195 e. The fourth-order valence-corrected chi connectivity index (χ4v) is 1.72. The summed E-state index contributed by atoms with van der Waals surface area (Å²) in [5.41, 5.74) is 0.886. The van der Waals surface area contributed by atoms with Crippen molar-refractivity contribution in [2.75, 3.05) is 45.8 Å². The average molecular weight is 295 g/mol. The summed E-state index contributed by atoms with van der Waals surface area (Å²) >= 11 is 0. The van der Waals surface area contributed by atoms with Crippen LogP contribution in [0.15, 0.2) is 23.2 Å². The first kappa shape index (κ1) is 17.1. The molecule has 0 fully saturated rings. The van der Waals surface area contributed by atoms with E-state index in [1.807, 2.05) is 32.0 Å². The molecule has 0 bridgehead atoms. The van der Waals surface area contributed by atoms with E-state index in [1.165, 1.54) is 0 Å². The zero-order valence-corrected chi connectivity index (χ0v) is 13.2. The number of benzene rings is 1. The highest BCUT2D eigenvalue weighted by Crippen LogP contribution is 2.30. The van der Waals surface area contributed by atoms with Crippen LogP contribution in [-0.2, 0) is 4.74 Å². The van der Waals surface area contributed by atoms with Crippen molar-refractivity contribution in [3.05, 3.63) is 18.2 Å². The van der Waals surface area contributed by atoms with Gasteiger partial charge in [-0.15, -0.1) is 0 Å². The number of rotatable bonds is 8. The Morgan fingerprint density at radius 2 is 2.00 bits per heavy atom. The summed E-state index contributed by atoms with van der Waals surface area (Å²) in [7, 11) is 3.29. The van der Waals surface area contributed by atoms with Crippen molar-refractivity contribution in [1.29, 1.82) is 0 Å². The van der Waals surface area contributed by atoms with Gasteiger partial charge in [-0.25, -0.2) is 0 Å². The van der Waals surface area contributed by atoms with Crippen molar-refractivity contribution in [3.8, 4) is 11.5 Å². The molecular weight excluding hydrogens is 270 g/mol. The van der Waals surface area contributed by atoms with Crippen molar-refractivity contribution in [2.24, 2.45) is 4.99 Å². The van der Waals surface area contributed by atoms with Gasteiger partial charge in [-0.3, -0.25) is 4.99 Å². The maximum absolute atomic E-state index is 5.56. The molecule has 0 aliphatic carbocycles. The largest absolute Gasteiger partial charge is 0.493 e. The van der Waals surface area contributed by atoms with Crippen molar-refractivity contribution in [1.82, 2.24) is 5.32 Å². The number of hydrogen-bond acceptors (Lipinski definition) is 4. The van der Waals surface area contributed by atoms with Gasteiger partial charge in [-0.1, -0.05) is 0 Å². The average Bonchev–Trinajstić information content (AvgIpc) is 2.48. The molecule has 6 heteroatoms. The lowest BCUT2D eigenvalue weighted by atomic mass is 10.2. The molecule has 6 nitrogen and oxygen atoms in total. The summed E-state index contributed by atoms with van der Waals surface area (Å²) in [6.45, 7) is 6.52. The second-order valence-electron chi connectivity index (χ2n) is 4.18. The first-order valence-electron chi connectivity index (χ1n) is 7.10. The molecule has 1 aromatic carbocycles. The molecule has 0 atom stereocenters. The molecule has 21 heavy (non-hydrogen) atoms. The van der Waals surface area contributed by atoms with E-state index in [1.54, 1.807) is 14.2 Å². The van der Waals surface area contributed by atoms with Crippen LogP contribution in [0.3, 0.4) is 0 Å².